The molecule has 4 nitrogen and oxygen atoms in total. The molecule has 0 spiro atoms. The Morgan fingerprint density at radius 3 is 2.36 bits per heavy atom. The van der Waals surface area contributed by atoms with Crippen LogP contribution in [0.3, 0.4) is 0 Å². The molecule has 3 aromatic rings. The number of nitrogens with one attached hydrogen (secondary N) is 2. The van der Waals surface area contributed by atoms with Crippen LogP contribution in [0.2, 0.25) is 0 Å². The Morgan fingerprint density at radius 1 is 1.04 bits per heavy atom. The molecule has 128 valence electrons. The van der Waals surface area contributed by atoms with Crippen LogP contribution in [0.25, 0.3) is 11.0 Å². The number of halogens is 3. The normalized spacial score (nSPS) is 11.6. The van der Waals surface area contributed by atoms with Gasteiger partial charge in [-0.25, -0.2) is 4.98 Å². The average Bonchev–Trinajstić information content (AvgIpc) is 2.59. The Kier molecular flexibility index (Phi) is 4.63. The van der Waals surface area contributed by atoms with Crippen molar-refractivity contribution in [3.8, 4) is 0 Å². The molecule has 0 atom stereocenters. The largest absolute Gasteiger partial charge is 0.449 e. The van der Waals surface area contributed by atoms with E-state index < -0.39 is 17.5 Å². The van der Waals surface area contributed by atoms with Gasteiger partial charge in [-0.05, 0) is 17.7 Å². The van der Waals surface area contributed by atoms with Gasteiger partial charge in [0.2, 0.25) is 5.84 Å². The topological polar surface area (TPSA) is 65.5 Å². The molecule has 0 fully saturated rings. The molecule has 0 aliphatic rings. The zero-order valence-corrected chi connectivity index (χ0v) is 13.7. The Morgan fingerprint density at radius 2 is 1.68 bits per heavy atom. The van der Waals surface area contributed by atoms with Crippen molar-refractivity contribution in [3.05, 3.63) is 65.6 Å². The van der Waals surface area contributed by atoms with E-state index in [0.717, 1.165) is 5.56 Å². The molecule has 1 heterocycles. The van der Waals surface area contributed by atoms with Crippen molar-refractivity contribution in [2.75, 3.05) is 0 Å². The maximum Gasteiger partial charge on any atom is 0.449 e. The third-order valence-corrected chi connectivity index (χ3v) is 4.52. The summed E-state index contributed by atoms with van der Waals surface area (Å²) in [5, 5.41) is 15.8. The molecule has 0 bridgehead atoms. The van der Waals surface area contributed by atoms with Gasteiger partial charge in [0, 0.05) is 5.75 Å². The molecule has 3 rings (SSSR count). The minimum Gasteiger partial charge on any atom is -0.282 e. The van der Waals surface area contributed by atoms with Gasteiger partial charge in [-0.15, -0.1) is 0 Å². The van der Waals surface area contributed by atoms with E-state index in [1.807, 2.05) is 30.3 Å². The van der Waals surface area contributed by atoms with Gasteiger partial charge in [-0.1, -0.05) is 54.2 Å². The molecular formula is C17H13F3N4S. The van der Waals surface area contributed by atoms with Gasteiger partial charge < -0.3 is 0 Å². The summed E-state index contributed by atoms with van der Waals surface area (Å²) in [5.74, 6) is -1.13. The number of fused-ring (bicyclic) bond motifs is 1. The van der Waals surface area contributed by atoms with Crippen molar-refractivity contribution in [1.29, 1.82) is 10.8 Å². The molecule has 25 heavy (non-hydrogen) atoms. The van der Waals surface area contributed by atoms with Crippen LogP contribution in [-0.2, 0) is 5.75 Å². The number of rotatable bonds is 3. The van der Waals surface area contributed by atoms with Crippen LogP contribution in [-0.4, -0.2) is 21.6 Å². The third kappa shape index (κ3) is 3.58. The molecule has 0 radical (unpaired) electrons. The number of para-hydroxylation sites is 2. The maximum absolute atomic E-state index is 13.1. The minimum absolute atomic E-state index is 0.0823. The number of aromatic nitrogens is 2. The van der Waals surface area contributed by atoms with Crippen LogP contribution >= 0.6 is 11.8 Å². The lowest BCUT2D eigenvalue weighted by atomic mass is 10.2. The van der Waals surface area contributed by atoms with E-state index in [9.17, 15) is 13.2 Å². The van der Waals surface area contributed by atoms with E-state index in [-0.39, 0.29) is 10.5 Å². The van der Waals surface area contributed by atoms with Gasteiger partial charge in [0.05, 0.1) is 11.0 Å². The molecule has 0 aliphatic heterocycles. The highest BCUT2D eigenvalue weighted by Gasteiger charge is 2.37. The van der Waals surface area contributed by atoms with E-state index in [2.05, 4.69) is 4.98 Å². The van der Waals surface area contributed by atoms with E-state index >= 15 is 0 Å². The first-order chi connectivity index (χ1) is 11.9. The maximum atomic E-state index is 13.1. The van der Waals surface area contributed by atoms with Gasteiger partial charge in [-0.2, -0.15) is 13.2 Å². The summed E-state index contributed by atoms with van der Waals surface area (Å²) in [6, 6.07) is 15.6. The minimum atomic E-state index is -4.86. The Bertz CT molecular complexity index is 981. The van der Waals surface area contributed by atoms with Crippen molar-refractivity contribution in [3.63, 3.8) is 0 Å². The fourth-order valence-corrected chi connectivity index (χ4v) is 3.20. The van der Waals surface area contributed by atoms with Gasteiger partial charge in [0.25, 0.3) is 0 Å². The summed E-state index contributed by atoms with van der Waals surface area (Å²) in [6.45, 7) is 0. The lowest BCUT2D eigenvalue weighted by Crippen LogP contribution is -2.38. The Hall–Kier alpha value is -2.61. The fraction of sp³-hybridized carbons (Fsp3) is 0.118. The summed E-state index contributed by atoms with van der Waals surface area (Å²) in [4.78, 5) is 4.31. The lowest BCUT2D eigenvalue weighted by molar-refractivity contribution is -0.0624. The average molecular weight is 362 g/mol. The Balaban J connectivity index is 2.09. The van der Waals surface area contributed by atoms with Gasteiger partial charge >= 0.3 is 6.18 Å². The van der Waals surface area contributed by atoms with Crippen molar-refractivity contribution in [2.24, 2.45) is 0 Å². The molecule has 0 aliphatic carbocycles. The zero-order chi connectivity index (χ0) is 18.0. The van der Waals surface area contributed by atoms with Crippen molar-refractivity contribution >= 4 is 28.6 Å². The van der Waals surface area contributed by atoms with Crippen LogP contribution in [0.15, 0.2) is 59.6 Å². The number of alkyl halides is 3. The van der Waals surface area contributed by atoms with E-state index in [1.54, 1.807) is 18.2 Å². The lowest BCUT2D eigenvalue weighted by Gasteiger charge is -2.16. The molecule has 0 saturated carbocycles. The molecule has 8 heteroatoms. The molecule has 1 aromatic heterocycles. The highest BCUT2D eigenvalue weighted by Crippen LogP contribution is 2.23. The SMILES string of the molecule is N=C(n1c(=N)c(SCc2ccccc2)nc2ccccc21)C(F)(F)F. The van der Waals surface area contributed by atoms with E-state index in [4.69, 9.17) is 10.8 Å². The standard InChI is InChI=1S/C17H13F3N4S/c18-17(19,20)16(22)24-13-9-5-4-8-12(13)23-15(14(24)21)25-10-11-6-2-1-3-7-11/h1-9,21-22H,10H2. The first-order valence-corrected chi connectivity index (χ1v) is 8.25. The van der Waals surface area contributed by atoms with Gasteiger partial charge in [0.15, 0.2) is 5.49 Å². The van der Waals surface area contributed by atoms with Crippen molar-refractivity contribution < 1.29 is 13.2 Å². The van der Waals surface area contributed by atoms with Crippen molar-refractivity contribution in [2.45, 2.75) is 17.0 Å². The summed E-state index contributed by atoms with van der Waals surface area (Å²) < 4.78 is 39.8. The Labute approximate surface area is 145 Å². The second-order valence-electron chi connectivity index (χ2n) is 5.21. The second kappa shape index (κ2) is 6.72. The predicted octanol–water partition coefficient (Wildman–Crippen LogP) is 4.20. The van der Waals surface area contributed by atoms with Crippen LogP contribution in [0.4, 0.5) is 13.2 Å². The van der Waals surface area contributed by atoms with Crippen molar-refractivity contribution in [1.82, 2.24) is 9.55 Å². The molecule has 0 unspecified atom stereocenters. The highest BCUT2D eigenvalue weighted by atomic mass is 32.2. The first kappa shape index (κ1) is 17.2. The number of benzene rings is 2. The van der Waals surface area contributed by atoms with E-state index in [0.29, 0.717) is 15.8 Å². The predicted molar refractivity (Wildman–Crippen MR) is 90.8 cm³/mol. The van der Waals surface area contributed by atoms with Crippen LogP contribution in [0, 0.1) is 10.8 Å². The van der Waals surface area contributed by atoms with Crippen LogP contribution in [0.5, 0.6) is 0 Å². The monoisotopic (exact) mass is 362 g/mol. The molecular weight excluding hydrogens is 349 g/mol. The third-order valence-electron chi connectivity index (χ3n) is 3.48. The highest BCUT2D eigenvalue weighted by molar-refractivity contribution is 7.98. The summed E-state index contributed by atoms with van der Waals surface area (Å²) in [5.41, 5.74) is 0.920. The molecule has 0 saturated heterocycles. The van der Waals surface area contributed by atoms with Crippen LogP contribution < -0.4 is 5.49 Å². The number of thioether (sulfide) groups is 1. The fourth-order valence-electron chi connectivity index (χ4n) is 2.31. The summed E-state index contributed by atoms with van der Waals surface area (Å²) in [7, 11) is 0. The molecule has 2 N–H and O–H groups in total. The summed E-state index contributed by atoms with van der Waals surface area (Å²) in [6.07, 6.45) is -4.86. The first-order valence-electron chi connectivity index (χ1n) is 7.27. The smallest absolute Gasteiger partial charge is 0.282 e. The zero-order valence-electron chi connectivity index (χ0n) is 12.8. The molecule has 0 amide bonds. The summed E-state index contributed by atoms with van der Waals surface area (Å²) >= 11 is 1.17. The molecule has 2 aromatic carbocycles. The number of hydrogen-bond acceptors (Lipinski definition) is 4. The quantitative estimate of drug-likeness (QED) is 0.417. The van der Waals surface area contributed by atoms with E-state index in [1.165, 1.54) is 17.8 Å². The van der Waals surface area contributed by atoms with Gasteiger partial charge in [0.1, 0.15) is 5.03 Å². The van der Waals surface area contributed by atoms with Gasteiger partial charge in [-0.3, -0.25) is 15.4 Å². The second-order valence-corrected chi connectivity index (χ2v) is 6.17. The number of nitrogens with zero attached hydrogens (tertiary/aromatic N) is 2. The number of hydrogen-bond donors (Lipinski definition) is 2. The van der Waals surface area contributed by atoms with Crippen LogP contribution in [0.1, 0.15) is 5.56 Å².